The monoisotopic (exact) mass is 395 g/mol. The van der Waals surface area contributed by atoms with E-state index in [1.54, 1.807) is 23.1 Å². The summed E-state index contributed by atoms with van der Waals surface area (Å²) in [7, 11) is -3.05. The van der Waals surface area contributed by atoms with Crippen LogP contribution in [0.5, 0.6) is 0 Å². The van der Waals surface area contributed by atoms with Gasteiger partial charge in [0.25, 0.3) is 0 Å². The third-order valence-corrected chi connectivity index (χ3v) is 6.63. The molecule has 4 rings (SSSR count). The molecule has 1 amide bonds. The Morgan fingerprint density at radius 2 is 2.08 bits per heavy atom. The number of amides is 1. The highest BCUT2D eigenvalue weighted by Crippen LogP contribution is 2.32. The zero-order chi connectivity index (χ0) is 18.3. The quantitative estimate of drug-likeness (QED) is 0.753. The highest BCUT2D eigenvalue weighted by atomic mass is 35.5. The van der Waals surface area contributed by atoms with Crippen molar-refractivity contribution >= 4 is 27.3 Å². The SMILES string of the molecule is O=C(Cn1nnc(-c2cccc(Cl)c2)n1)N(C1CC1)[C@@H]1CCS(=O)(=O)C1. The van der Waals surface area contributed by atoms with Crippen LogP contribution in [0.2, 0.25) is 5.02 Å². The zero-order valence-electron chi connectivity index (χ0n) is 14.0. The number of benzene rings is 1. The van der Waals surface area contributed by atoms with Crippen LogP contribution in [-0.2, 0) is 21.2 Å². The van der Waals surface area contributed by atoms with Crippen LogP contribution in [0, 0.1) is 0 Å². The Labute approximate surface area is 156 Å². The Hall–Kier alpha value is -2.00. The van der Waals surface area contributed by atoms with Gasteiger partial charge in [-0.25, -0.2) is 8.42 Å². The van der Waals surface area contributed by atoms with Gasteiger partial charge in [-0.1, -0.05) is 23.7 Å². The maximum atomic E-state index is 12.8. The molecule has 1 saturated carbocycles. The number of sulfone groups is 1. The van der Waals surface area contributed by atoms with Crippen LogP contribution in [0.4, 0.5) is 0 Å². The molecule has 0 bridgehead atoms. The summed E-state index contributed by atoms with van der Waals surface area (Å²) in [6.07, 6.45) is 2.34. The number of hydrogen-bond acceptors (Lipinski definition) is 6. The molecule has 2 heterocycles. The van der Waals surface area contributed by atoms with Crippen molar-refractivity contribution in [3.63, 3.8) is 0 Å². The average molecular weight is 396 g/mol. The van der Waals surface area contributed by atoms with Crippen molar-refractivity contribution in [1.82, 2.24) is 25.1 Å². The van der Waals surface area contributed by atoms with E-state index in [9.17, 15) is 13.2 Å². The summed E-state index contributed by atoms with van der Waals surface area (Å²) < 4.78 is 23.5. The van der Waals surface area contributed by atoms with Gasteiger partial charge in [-0.05, 0) is 36.6 Å². The van der Waals surface area contributed by atoms with Gasteiger partial charge in [0.05, 0.1) is 11.5 Å². The molecule has 2 fully saturated rings. The maximum absolute atomic E-state index is 12.8. The van der Waals surface area contributed by atoms with E-state index in [1.807, 2.05) is 6.07 Å². The summed E-state index contributed by atoms with van der Waals surface area (Å²) in [5, 5.41) is 12.7. The van der Waals surface area contributed by atoms with Crippen LogP contribution in [0.15, 0.2) is 24.3 Å². The predicted octanol–water partition coefficient (Wildman–Crippen LogP) is 1.17. The fourth-order valence-electron chi connectivity index (χ4n) is 3.31. The van der Waals surface area contributed by atoms with Crippen LogP contribution >= 0.6 is 11.6 Å². The fraction of sp³-hybridized carbons (Fsp3) is 0.500. The van der Waals surface area contributed by atoms with E-state index in [2.05, 4.69) is 15.4 Å². The molecule has 0 unspecified atom stereocenters. The molecule has 2 aromatic rings. The third kappa shape index (κ3) is 3.73. The van der Waals surface area contributed by atoms with Gasteiger partial charge in [-0.2, -0.15) is 4.80 Å². The number of hydrogen-bond donors (Lipinski definition) is 0. The first kappa shape index (κ1) is 17.4. The van der Waals surface area contributed by atoms with E-state index in [1.165, 1.54) is 4.80 Å². The first-order valence-electron chi connectivity index (χ1n) is 8.47. The lowest BCUT2D eigenvalue weighted by Crippen LogP contribution is -2.44. The highest BCUT2D eigenvalue weighted by molar-refractivity contribution is 7.91. The van der Waals surface area contributed by atoms with Gasteiger partial charge in [0.2, 0.25) is 11.7 Å². The van der Waals surface area contributed by atoms with E-state index < -0.39 is 9.84 Å². The molecule has 1 aromatic heterocycles. The minimum absolute atomic E-state index is 0.0494. The average Bonchev–Trinajstić information content (AvgIpc) is 3.18. The molecule has 2 aliphatic rings. The van der Waals surface area contributed by atoms with Gasteiger partial charge < -0.3 is 4.90 Å². The van der Waals surface area contributed by atoms with Crippen LogP contribution in [-0.4, -0.2) is 63.0 Å². The molecule has 0 radical (unpaired) electrons. The van der Waals surface area contributed by atoms with Crippen molar-refractivity contribution in [2.45, 2.75) is 37.9 Å². The van der Waals surface area contributed by atoms with Crippen molar-refractivity contribution in [2.75, 3.05) is 11.5 Å². The lowest BCUT2D eigenvalue weighted by atomic mass is 10.2. The van der Waals surface area contributed by atoms with Crippen LogP contribution in [0.25, 0.3) is 11.4 Å². The molecule has 8 nitrogen and oxygen atoms in total. The number of tetrazole rings is 1. The topological polar surface area (TPSA) is 98.1 Å². The number of aromatic nitrogens is 4. The first-order valence-corrected chi connectivity index (χ1v) is 10.7. The molecular weight excluding hydrogens is 378 g/mol. The molecule has 1 aromatic carbocycles. The molecule has 1 aliphatic heterocycles. The smallest absolute Gasteiger partial charge is 0.246 e. The second-order valence-corrected chi connectivity index (χ2v) is 9.41. The van der Waals surface area contributed by atoms with Crippen molar-refractivity contribution < 1.29 is 13.2 Å². The minimum atomic E-state index is -3.05. The molecule has 1 aliphatic carbocycles. The Morgan fingerprint density at radius 3 is 2.73 bits per heavy atom. The lowest BCUT2D eigenvalue weighted by molar-refractivity contribution is -0.134. The van der Waals surface area contributed by atoms with Crippen molar-refractivity contribution in [2.24, 2.45) is 0 Å². The van der Waals surface area contributed by atoms with Crippen molar-refractivity contribution in [3.05, 3.63) is 29.3 Å². The molecule has 10 heteroatoms. The second kappa shape index (κ2) is 6.62. The largest absolute Gasteiger partial charge is 0.334 e. The first-order chi connectivity index (χ1) is 12.4. The number of halogens is 1. The number of carbonyl (C=O) groups is 1. The summed E-state index contributed by atoms with van der Waals surface area (Å²) >= 11 is 5.97. The molecule has 0 spiro atoms. The molecule has 26 heavy (non-hydrogen) atoms. The summed E-state index contributed by atoms with van der Waals surface area (Å²) in [5.74, 6) is 0.425. The number of nitrogens with zero attached hydrogens (tertiary/aromatic N) is 5. The fourth-order valence-corrected chi connectivity index (χ4v) is 5.21. The van der Waals surface area contributed by atoms with Gasteiger partial charge in [-0.3, -0.25) is 4.79 Å². The van der Waals surface area contributed by atoms with E-state index in [4.69, 9.17) is 11.6 Å². The van der Waals surface area contributed by atoms with Crippen LogP contribution in [0.1, 0.15) is 19.3 Å². The van der Waals surface area contributed by atoms with Gasteiger partial charge in [0, 0.05) is 22.7 Å². The van der Waals surface area contributed by atoms with E-state index in [0.717, 1.165) is 18.4 Å². The van der Waals surface area contributed by atoms with Gasteiger partial charge in [-0.15, -0.1) is 10.2 Å². The third-order valence-electron chi connectivity index (χ3n) is 4.64. The normalized spacial score (nSPS) is 21.7. The maximum Gasteiger partial charge on any atom is 0.246 e. The molecular formula is C16H18ClN5O3S. The Kier molecular flexibility index (Phi) is 4.44. The van der Waals surface area contributed by atoms with E-state index in [-0.39, 0.29) is 36.0 Å². The van der Waals surface area contributed by atoms with Crippen LogP contribution < -0.4 is 0 Å². The summed E-state index contributed by atoms with van der Waals surface area (Å²) in [4.78, 5) is 15.7. The molecule has 0 N–H and O–H groups in total. The van der Waals surface area contributed by atoms with Gasteiger partial charge in [0.1, 0.15) is 6.54 Å². The lowest BCUT2D eigenvalue weighted by Gasteiger charge is -2.28. The molecule has 1 atom stereocenters. The van der Waals surface area contributed by atoms with E-state index >= 15 is 0 Å². The Balaban J connectivity index is 1.49. The van der Waals surface area contributed by atoms with Crippen molar-refractivity contribution in [3.8, 4) is 11.4 Å². The summed E-state index contributed by atoms with van der Waals surface area (Å²) in [5.41, 5.74) is 0.720. The molecule has 138 valence electrons. The van der Waals surface area contributed by atoms with Gasteiger partial charge in [0.15, 0.2) is 9.84 Å². The predicted molar refractivity (Wildman–Crippen MR) is 95.2 cm³/mol. The molecule has 1 saturated heterocycles. The summed E-state index contributed by atoms with van der Waals surface area (Å²) in [6, 6.07) is 6.98. The zero-order valence-corrected chi connectivity index (χ0v) is 15.5. The minimum Gasteiger partial charge on any atom is -0.334 e. The number of carbonyl (C=O) groups excluding carboxylic acids is 1. The Bertz CT molecular complexity index is 941. The second-order valence-electron chi connectivity index (χ2n) is 6.74. The highest BCUT2D eigenvalue weighted by Gasteiger charge is 2.42. The summed E-state index contributed by atoms with van der Waals surface area (Å²) in [6.45, 7) is -0.0549. The Morgan fingerprint density at radius 1 is 1.27 bits per heavy atom. The van der Waals surface area contributed by atoms with Crippen LogP contribution in [0.3, 0.4) is 0 Å². The van der Waals surface area contributed by atoms with Crippen molar-refractivity contribution in [1.29, 1.82) is 0 Å². The number of rotatable bonds is 5. The standard InChI is InChI=1S/C16H18ClN5O3S/c17-12-3-1-2-11(8-12)16-18-20-21(19-16)9-15(23)22(13-4-5-13)14-6-7-26(24,25)10-14/h1-3,8,13-14H,4-7,9-10H2/t14-/m1/s1. The van der Waals surface area contributed by atoms with Gasteiger partial charge >= 0.3 is 0 Å². The van der Waals surface area contributed by atoms with E-state index in [0.29, 0.717) is 17.3 Å².